The van der Waals surface area contributed by atoms with Gasteiger partial charge in [-0.1, -0.05) is 0 Å². The number of likely N-dealkylation sites (tertiary alicyclic amines) is 1. The lowest BCUT2D eigenvalue weighted by atomic mass is 10.00. The summed E-state index contributed by atoms with van der Waals surface area (Å²) in [5, 5.41) is 0. The van der Waals surface area contributed by atoms with Crippen LogP contribution in [-0.4, -0.2) is 35.6 Å². The van der Waals surface area contributed by atoms with Gasteiger partial charge in [0.05, 0.1) is 6.20 Å². The van der Waals surface area contributed by atoms with Crippen molar-refractivity contribution < 1.29 is 4.74 Å². The molecule has 0 radical (unpaired) electrons. The summed E-state index contributed by atoms with van der Waals surface area (Å²) in [5.74, 6) is 1.70. The van der Waals surface area contributed by atoms with Crippen molar-refractivity contribution in [1.29, 1.82) is 0 Å². The highest BCUT2D eigenvalue weighted by Gasteiger charge is 2.43. The van der Waals surface area contributed by atoms with Crippen LogP contribution in [0.1, 0.15) is 19.3 Å². The van der Waals surface area contributed by atoms with Crippen LogP contribution in [-0.2, 0) is 0 Å². The van der Waals surface area contributed by atoms with Crippen molar-refractivity contribution >= 4 is 15.9 Å². The third kappa shape index (κ3) is 2.20. The summed E-state index contributed by atoms with van der Waals surface area (Å²) >= 11 is 3.41. The van der Waals surface area contributed by atoms with Crippen molar-refractivity contribution in [2.24, 2.45) is 5.92 Å². The number of piperidine rings is 1. The number of hydrogen-bond donors (Lipinski definition) is 0. The standard InChI is InChI=1S/C13H17BrN2O/c1-16-11-3-2-9(4-11)13(16)8-17-12-5-10(14)6-15-7-12/h5-7,9,11,13H,2-4,8H2,1H3. The minimum Gasteiger partial charge on any atom is -0.490 e. The van der Waals surface area contributed by atoms with Crippen molar-refractivity contribution in [3.8, 4) is 5.75 Å². The van der Waals surface area contributed by atoms with E-state index in [0.29, 0.717) is 6.04 Å². The van der Waals surface area contributed by atoms with E-state index in [4.69, 9.17) is 4.74 Å². The molecule has 1 aromatic heterocycles. The highest BCUT2D eigenvalue weighted by atomic mass is 79.9. The van der Waals surface area contributed by atoms with Gasteiger partial charge < -0.3 is 4.74 Å². The third-order valence-electron chi connectivity index (χ3n) is 4.19. The van der Waals surface area contributed by atoms with Crippen LogP contribution < -0.4 is 4.74 Å². The third-order valence-corrected chi connectivity index (χ3v) is 4.62. The molecule has 3 atom stereocenters. The Balaban J connectivity index is 1.61. The van der Waals surface area contributed by atoms with E-state index in [9.17, 15) is 0 Å². The Hall–Kier alpha value is -0.610. The van der Waals surface area contributed by atoms with Gasteiger partial charge in [-0.05, 0) is 54.2 Å². The molecule has 1 aliphatic carbocycles. The van der Waals surface area contributed by atoms with Gasteiger partial charge in [-0.25, -0.2) is 0 Å². The first kappa shape index (κ1) is 11.5. The van der Waals surface area contributed by atoms with Crippen LogP contribution in [0, 0.1) is 5.92 Å². The molecule has 1 saturated heterocycles. The molecule has 2 aliphatic rings. The molecule has 0 spiro atoms. The Labute approximate surface area is 110 Å². The Morgan fingerprint density at radius 1 is 1.47 bits per heavy atom. The monoisotopic (exact) mass is 296 g/mol. The topological polar surface area (TPSA) is 25.4 Å². The molecule has 3 nitrogen and oxygen atoms in total. The summed E-state index contributed by atoms with van der Waals surface area (Å²) in [6, 6.07) is 3.36. The molecule has 0 amide bonds. The summed E-state index contributed by atoms with van der Waals surface area (Å²) in [4.78, 5) is 6.61. The number of pyridine rings is 1. The van der Waals surface area contributed by atoms with Gasteiger partial charge in [0.25, 0.3) is 0 Å². The quantitative estimate of drug-likeness (QED) is 0.858. The van der Waals surface area contributed by atoms with Gasteiger partial charge in [0, 0.05) is 22.8 Å². The van der Waals surface area contributed by atoms with Crippen molar-refractivity contribution in [1.82, 2.24) is 9.88 Å². The van der Waals surface area contributed by atoms with Crippen LogP contribution >= 0.6 is 15.9 Å². The average Bonchev–Trinajstić information content (AvgIpc) is 2.88. The number of hydrogen-bond acceptors (Lipinski definition) is 3. The second-order valence-electron chi connectivity index (χ2n) is 5.11. The molecule has 92 valence electrons. The number of nitrogens with zero attached hydrogens (tertiary/aromatic N) is 2. The van der Waals surface area contributed by atoms with E-state index in [2.05, 4.69) is 32.9 Å². The lowest BCUT2D eigenvalue weighted by Crippen LogP contribution is -2.41. The molecule has 3 unspecified atom stereocenters. The van der Waals surface area contributed by atoms with Crippen molar-refractivity contribution in [2.75, 3.05) is 13.7 Å². The molecular weight excluding hydrogens is 280 g/mol. The molecule has 3 rings (SSSR count). The summed E-state index contributed by atoms with van der Waals surface area (Å²) in [6.45, 7) is 0.788. The molecule has 0 aromatic carbocycles. The van der Waals surface area contributed by atoms with Gasteiger partial charge in [0.15, 0.2) is 0 Å². The van der Waals surface area contributed by atoms with E-state index in [1.165, 1.54) is 19.3 Å². The van der Waals surface area contributed by atoms with Crippen LogP contribution in [0.15, 0.2) is 22.9 Å². The van der Waals surface area contributed by atoms with Gasteiger partial charge >= 0.3 is 0 Å². The van der Waals surface area contributed by atoms with Gasteiger partial charge in [-0.2, -0.15) is 0 Å². The van der Waals surface area contributed by atoms with E-state index in [-0.39, 0.29) is 0 Å². The number of likely N-dealkylation sites (N-methyl/N-ethyl adjacent to an activating group) is 1. The molecule has 1 saturated carbocycles. The largest absolute Gasteiger partial charge is 0.490 e. The lowest BCUT2D eigenvalue weighted by molar-refractivity contribution is 0.118. The number of fused-ring (bicyclic) bond motifs is 2. The van der Waals surface area contributed by atoms with E-state index < -0.39 is 0 Å². The van der Waals surface area contributed by atoms with Crippen LogP contribution in [0.4, 0.5) is 0 Å². The highest BCUT2D eigenvalue weighted by molar-refractivity contribution is 9.10. The number of halogens is 1. The van der Waals surface area contributed by atoms with E-state index in [1.54, 1.807) is 12.4 Å². The van der Waals surface area contributed by atoms with E-state index in [0.717, 1.165) is 28.8 Å². The summed E-state index contributed by atoms with van der Waals surface area (Å²) in [5.41, 5.74) is 0. The number of aromatic nitrogens is 1. The first-order valence-corrected chi connectivity index (χ1v) is 6.98. The molecule has 4 heteroatoms. The molecule has 17 heavy (non-hydrogen) atoms. The Bertz CT molecular complexity index is 410. The maximum atomic E-state index is 5.86. The molecule has 2 fully saturated rings. The van der Waals surface area contributed by atoms with E-state index in [1.807, 2.05) is 6.07 Å². The maximum Gasteiger partial charge on any atom is 0.138 e. The van der Waals surface area contributed by atoms with Crippen LogP contribution in [0.2, 0.25) is 0 Å². The fourth-order valence-corrected chi connectivity index (χ4v) is 3.56. The Morgan fingerprint density at radius 3 is 3.06 bits per heavy atom. The van der Waals surface area contributed by atoms with Crippen LogP contribution in [0.3, 0.4) is 0 Å². The zero-order chi connectivity index (χ0) is 11.8. The van der Waals surface area contributed by atoms with Crippen LogP contribution in [0.5, 0.6) is 5.75 Å². The Morgan fingerprint density at radius 2 is 2.35 bits per heavy atom. The molecule has 2 heterocycles. The van der Waals surface area contributed by atoms with Gasteiger partial charge in [0.2, 0.25) is 0 Å². The summed E-state index contributed by atoms with van der Waals surface area (Å²) in [6.07, 6.45) is 7.66. The average molecular weight is 297 g/mol. The first-order chi connectivity index (χ1) is 8.24. The molecule has 2 bridgehead atoms. The normalized spacial score (nSPS) is 32.0. The SMILES string of the molecule is CN1C2CCC(C2)C1COc1cncc(Br)c1. The zero-order valence-electron chi connectivity index (χ0n) is 9.97. The van der Waals surface area contributed by atoms with Gasteiger partial charge in [0.1, 0.15) is 12.4 Å². The second-order valence-corrected chi connectivity index (χ2v) is 6.03. The van der Waals surface area contributed by atoms with Crippen molar-refractivity contribution in [3.05, 3.63) is 22.9 Å². The molecular formula is C13H17BrN2O. The highest BCUT2D eigenvalue weighted by Crippen LogP contribution is 2.41. The summed E-state index contributed by atoms with van der Waals surface area (Å²) < 4.78 is 6.83. The Kier molecular flexibility index (Phi) is 3.09. The van der Waals surface area contributed by atoms with E-state index >= 15 is 0 Å². The minimum absolute atomic E-state index is 0.590. The number of rotatable bonds is 3. The predicted molar refractivity (Wildman–Crippen MR) is 70.1 cm³/mol. The molecule has 1 aliphatic heterocycles. The van der Waals surface area contributed by atoms with Crippen molar-refractivity contribution in [2.45, 2.75) is 31.3 Å². The minimum atomic E-state index is 0.590. The van der Waals surface area contributed by atoms with Gasteiger partial charge in [-0.15, -0.1) is 0 Å². The van der Waals surface area contributed by atoms with Crippen molar-refractivity contribution in [3.63, 3.8) is 0 Å². The predicted octanol–water partition coefficient (Wildman–Crippen LogP) is 2.71. The number of ether oxygens (including phenoxy) is 1. The lowest BCUT2D eigenvalue weighted by Gasteiger charge is -2.31. The van der Waals surface area contributed by atoms with Gasteiger partial charge in [-0.3, -0.25) is 9.88 Å². The van der Waals surface area contributed by atoms with Crippen LogP contribution in [0.25, 0.3) is 0 Å². The fraction of sp³-hybridized carbons (Fsp3) is 0.615. The fourth-order valence-electron chi connectivity index (χ4n) is 3.22. The smallest absolute Gasteiger partial charge is 0.138 e. The molecule has 0 N–H and O–H groups in total. The zero-order valence-corrected chi connectivity index (χ0v) is 11.6. The molecule has 1 aromatic rings. The first-order valence-electron chi connectivity index (χ1n) is 6.19. The maximum absolute atomic E-state index is 5.86. The summed E-state index contributed by atoms with van der Waals surface area (Å²) in [7, 11) is 2.23. The second kappa shape index (κ2) is 4.58.